The van der Waals surface area contributed by atoms with Crippen LogP contribution in [0, 0.1) is 0 Å². The van der Waals surface area contributed by atoms with Gasteiger partial charge in [-0.2, -0.15) is 0 Å². The molecule has 2 N–H and O–H groups in total. The van der Waals surface area contributed by atoms with Crippen molar-refractivity contribution < 1.29 is 28.6 Å². The van der Waals surface area contributed by atoms with Crippen LogP contribution < -0.4 is 10.6 Å². The van der Waals surface area contributed by atoms with E-state index >= 15 is 0 Å². The number of carbonyl (C=O) groups excluding carboxylic acids is 3. The Morgan fingerprint density at radius 1 is 0.738 bits per heavy atom. The molecule has 8 nitrogen and oxygen atoms in total. The van der Waals surface area contributed by atoms with Crippen LogP contribution >= 0.6 is 0 Å². The first-order valence-corrected chi connectivity index (χ1v) is 13.8. The first-order chi connectivity index (χ1) is 20.5. The zero-order chi connectivity index (χ0) is 29.3. The number of methoxy groups -OCH3 is 1. The normalized spacial score (nSPS) is 11.6. The molecular formula is C34H32N2O6. The molecule has 0 bridgehead atoms. The molecule has 0 saturated heterocycles. The largest absolute Gasteiger partial charge is 0.465 e. The molecule has 0 saturated carbocycles. The molecule has 0 heterocycles. The van der Waals surface area contributed by atoms with E-state index < -0.39 is 18.2 Å². The molecule has 1 aliphatic rings. The summed E-state index contributed by atoms with van der Waals surface area (Å²) in [4.78, 5) is 37.2. The molecule has 4 aromatic rings. The van der Waals surface area contributed by atoms with Gasteiger partial charge >= 0.3 is 18.2 Å². The van der Waals surface area contributed by atoms with E-state index in [0.29, 0.717) is 25.1 Å². The number of esters is 1. The van der Waals surface area contributed by atoms with Crippen molar-refractivity contribution in [3.8, 4) is 11.1 Å². The average molecular weight is 565 g/mol. The number of nitrogens with one attached hydrogen (secondary N) is 2. The number of anilines is 1. The van der Waals surface area contributed by atoms with E-state index in [1.807, 2.05) is 60.7 Å². The van der Waals surface area contributed by atoms with Crippen LogP contribution in [-0.2, 0) is 27.2 Å². The quantitative estimate of drug-likeness (QED) is 0.126. The van der Waals surface area contributed by atoms with Gasteiger partial charge in [0, 0.05) is 12.5 Å². The maximum absolute atomic E-state index is 12.5. The average Bonchev–Trinajstić information content (AvgIpc) is 3.35. The lowest BCUT2D eigenvalue weighted by Crippen LogP contribution is -2.27. The number of hydrogen-bond acceptors (Lipinski definition) is 6. The van der Waals surface area contributed by atoms with Gasteiger partial charge in [-0.25, -0.2) is 14.4 Å². The van der Waals surface area contributed by atoms with Crippen molar-refractivity contribution in [3.63, 3.8) is 0 Å². The highest BCUT2D eigenvalue weighted by atomic mass is 16.6. The van der Waals surface area contributed by atoms with Gasteiger partial charge in [-0.3, -0.25) is 5.32 Å². The van der Waals surface area contributed by atoms with E-state index in [9.17, 15) is 14.4 Å². The van der Waals surface area contributed by atoms with E-state index in [1.54, 1.807) is 12.1 Å². The van der Waals surface area contributed by atoms with Gasteiger partial charge in [0.15, 0.2) is 0 Å². The van der Waals surface area contributed by atoms with Gasteiger partial charge in [-0.1, -0.05) is 84.9 Å². The fraction of sp³-hybridized carbons (Fsp3) is 0.206. The minimum Gasteiger partial charge on any atom is -0.465 e. The van der Waals surface area contributed by atoms with Gasteiger partial charge in [0.25, 0.3) is 0 Å². The monoisotopic (exact) mass is 564 g/mol. The Balaban J connectivity index is 1.10. The second kappa shape index (κ2) is 13.5. The summed E-state index contributed by atoms with van der Waals surface area (Å²) >= 11 is 0. The van der Waals surface area contributed by atoms with Gasteiger partial charge in [0.05, 0.1) is 18.4 Å². The second-order valence-electron chi connectivity index (χ2n) is 9.91. The molecule has 8 heteroatoms. The minimum atomic E-state index is -0.677. The van der Waals surface area contributed by atoms with Crippen LogP contribution in [0.3, 0.4) is 0 Å². The fourth-order valence-electron chi connectivity index (χ4n) is 5.14. The number of carbonyl (C=O) groups is 3. The highest BCUT2D eigenvalue weighted by Crippen LogP contribution is 2.44. The van der Waals surface area contributed by atoms with E-state index in [2.05, 4.69) is 34.9 Å². The third-order valence-electron chi connectivity index (χ3n) is 7.19. The molecule has 4 aromatic carbocycles. The highest BCUT2D eigenvalue weighted by molar-refractivity contribution is 5.99. The van der Waals surface area contributed by atoms with Crippen molar-refractivity contribution in [1.82, 2.24) is 5.32 Å². The zero-order valence-electron chi connectivity index (χ0n) is 23.3. The second-order valence-corrected chi connectivity index (χ2v) is 9.91. The lowest BCUT2D eigenvalue weighted by Gasteiger charge is -2.15. The third-order valence-corrected chi connectivity index (χ3v) is 7.19. The lowest BCUT2D eigenvalue weighted by molar-refractivity contribution is 0.0601. The van der Waals surface area contributed by atoms with E-state index in [-0.39, 0.29) is 24.7 Å². The summed E-state index contributed by atoms with van der Waals surface area (Å²) in [7, 11) is 1.28. The van der Waals surface area contributed by atoms with Crippen LogP contribution in [0.15, 0.2) is 97.1 Å². The number of amides is 2. The van der Waals surface area contributed by atoms with Crippen molar-refractivity contribution in [2.75, 3.05) is 25.6 Å². The van der Waals surface area contributed by atoms with Gasteiger partial charge in [0.2, 0.25) is 0 Å². The van der Waals surface area contributed by atoms with E-state index in [4.69, 9.17) is 14.2 Å². The standard InChI is InChI=1S/C34H32N2O6/c1-40-32(37)29-20-23(17-18-31(29)36-34(39)41-21-24-10-3-2-4-11-24)12-9-19-35-33(38)42-22-30-27-15-7-5-13-25(27)26-14-6-8-16-28(26)30/h2-8,10-11,13-18,20,30H,9,12,19,21-22H2,1H3,(H,35,38)(H,36,39). The van der Waals surface area contributed by atoms with Crippen molar-refractivity contribution in [2.45, 2.75) is 25.4 Å². The molecule has 42 heavy (non-hydrogen) atoms. The first kappa shape index (κ1) is 28.4. The van der Waals surface area contributed by atoms with Crippen molar-refractivity contribution >= 4 is 23.8 Å². The number of rotatable bonds is 10. The molecule has 0 unspecified atom stereocenters. The smallest absolute Gasteiger partial charge is 0.411 e. The van der Waals surface area contributed by atoms with Crippen LogP contribution in [0.4, 0.5) is 15.3 Å². The summed E-state index contributed by atoms with van der Waals surface area (Å²) in [6, 6.07) is 30.8. The van der Waals surface area contributed by atoms with Crippen LogP contribution in [0.25, 0.3) is 11.1 Å². The molecule has 0 spiro atoms. The van der Waals surface area contributed by atoms with Crippen LogP contribution in [0.1, 0.15) is 45.0 Å². The van der Waals surface area contributed by atoms with Gasteiger partial charge in [0.1, 0.15) is 13.2 Å². The van der Waals surface area contributed by atoms with Gasteiger partial charge in [-0.05, 0) is 58.4 Å². The highest BCUT2D eigenvalue weighted by Gasteiger charge is 2.29. The maximum Gasteiger partial charge on any atom is 0.411 e. The molecule has 0 aromatic heterocycles. The Bertz CT molecular complexity index is 1520. The summed E-state index contributed by atoms with van der Waals surface area (Å²) in [5, 5.41) is 5.43. The topological polar surface area (TPSA) is 103 Å². The molecule has 2 amide bonds. The predicted molar refractivity (Wildman–Crippen MR) is 159 cm³/mol. The van der Waals surface area contributed by atoms with Gasteiger partial charge < -0.3 is 19.5 Å². The third kappa shape index (κ3) is 6.78. The number of ether oxygens (including phenoxy) is 3. The number of hydrogen-bond donors (Lipinski definition) is 2. The van der Waals surface area contributed by atoms with Crippen molar-refractivity contribution in [1.29, 1.82) is 0 Å². The van der Waals surface area contributed by atoms with Gasteiger partial charge in [-0.15, -0.1) is 0 Å². The number of fused-ring (bicyclic) bond motifs is 3. The maximum atomic E-state index is 12.5. The molecule has 0 fully saturated rings. The first-order valence-electron chi connectivity index (χ1n) is 13.8. The van der Waals surface area contributed by atoms with Crippen molar-refractivity contribution in [2.24, 2.45) is 0 Å². The lowest BCUT2D eigenvalue weighted by atomic mass is 9.98. The Kier molecular flexibility index (Phi) is 9.13. The van der Waals surface area contributed by atoms with E-state index in [0.717, 1.165) is 22.3 Å². The zero-order valence-corrected chi connectivity index (χ0v) is 23.3. The van der Waals surface area contributed by atoms with Crippen LogP contribution in [0.5, 0.6) is 0 Å². The van der Waals surface area contributed by atoms with Crippen LogP contribution in [-0.4, -0.2) is 38.4 Å². The number of aryl methyl sites for hydroxylation is 1. The minimum absolute atomic E-state index is 0.00244. The Morgan fingerprint density at radius 2 is 1.40 bits per heavy atom. The molecule has 5 rings (SSSR count). The summed E-state index contributed by atoms with van der Waals surface area (Å²) in [6.07, 6.45) is 0.0630. The molecule has 0 aliphatic heterocycles. The summed E-state index contributed by atoms with van der Waals surface area (Å²) < 4.78 is 15.8. The number of benzene rings is 4. The molecule has 0 radical (unpaired) electrons. The van der Waals surface area contributed by atoms with E-state index in [1.165, 1.54) is 18.2 Å². The van der Waals surface area contributed by atoms with Crippen LogP contribution in [0.2, 0.25) is 0 Å². The molecule has 0 atom stereocenters. The Hall–Kier alpha value is -5.11. The summed E-state index contributed by atoms with van der Waals surface area (Å²) in [5.41, 5.74) is 6.90. The Labute approximate surface area is 244 Å². The Morgan fingerprint density at radius 3 is 2.10 bits per heavy atom. The summed E-state index contributed by atoms with van der Waals surface area (Å²) in [6.45, 7) is 0.760. The van der Waals surface area contributed by atoms with Crippen molar-refractivity contribution in [3.05, 3.63) is 125 Å². The molecule has 214 valence electrons. The summed E-state index contributed by atoms with van der Waals surface area (Å²) in [5.74, 6) is -0.574. The molecule has 1 aliphatic carbocycles. The predicted octanol–water partition coefficient (Wildman–Crippen LogP) is 6.69. The number of alkyl carbamates (subject to hydrolysis) is 1. The fourth-order valence-corrected chi connectivity index (χ4v) is 5.14. The molecular weight excluding hydrogens is 532 g/mol. The SMILES string of the molecule is COC(=O)c1cc(CCCNC(=O)OCC2c3ccccc3-c3ccccc32)ccc1NC(=O)OCc1ccccc1.